The van der Waals surface area contributed by atoms with E-state index >= 15 is 0 Å². The molecule has 2 N–H and O–H groups in total. The predicted octanol–water partition coefficient (Wildman–Crippen LogP) is 5.20. The fraction of sp³-hybridized carbons (Fsp3) is 0.182. The van der Waals surface area contributed by atoms with Crippen LogP contribution >= 0.6 is 11.3 Å². The summed E-state index contributed by atoms with van der Waals surface area (Å²) in [6, 6.07) is 15.7. The van der Waals surface area contributed by atoms with Crippen LogP contribution in [0.3, 0.4) is 0 Å². The van der Waals surface area contributed by atoms with Crippen molar-refractivity contribution in [3.05, 3.63) is 69.7 Å². The van der Waals surface area contributed by atoms with E-state index in [0.717, 1.165) is 21.8 Å². The molecule has 2 aromatic carbocycles. The van der Waals surface area contributed by atoms with E-state index in [4.69, 9.17) is 15.1 Å². The van der Waals surface area contributed by atoms with Crippen molar-refractivity contribution in [1.82, 2.24) is 4.98 Å². The molecule has 0 saturated carbocycles. The zero-order valence-corrected chi connectivity index (χ0v) is 16.8. The van der Waals surface area contributed by atoms with Crippen LogP contribution in [-0.4, -0.2) is 29.6 Å². The van der Waals surface area contributed by atoms with Crippen molar-refractivity contribution in [3.8, 4) is 17.0 Å². The summed E-state index contributed by atoms with van der Waals surface area (Å²) in [5, 5.41) is 19.9. The summed E-state index contributed by atoms with van der Waals surface area (Å²) in [6.07, 6.45) is 0. The molecule has 4 rings (SSSR count). The maximum Gasteiger partial charge on any atom is 0.139 e. The molecule has 0 saturated heterocycles. The van der Waals surface area contributed by atoms with Gasteiger partial charge in [0.15, 0.2) is 0 Å². The molecule has 0 amide bonds. The second-order valence-corrected chi connectivity index (χ2v) is 7.95. The van der Waals surface area contributed by atoms with Crippen LogP contribution in [0.5, 0.6) is 5.75 Å². The summed E-state index contributed by atoms with van der Waals surface area (Å²) < 4.78 is 5.28. The van der Waals surface area contributed by atoms with Crippen LogP contribution < -0.4 is 9.64 Å². The monoisotopic (exact) mass is 391 g/mol. The van der Waals surface area contributed by atoms with E-state index in [9.17, 15) is 5.11 Å². The number of aliphatic hydroxyl groups excluding tert-OH is 1. The first-order valence-corrected chi connectivity index (χ1v) is 9.77. The molecule has 1 aromatic heterocycles. The van der Waals surface area contributed by atoms with Crippen LogP contribution in [-0.2, 0) is 0 Å². The fourth-order valence-electron chi connectivity index (χ4n) is 3.29. The molecule has 0 spiro atoms. The first-order chi connectivity index (χ1) is 13.5. The molecular formula is C22H21N3O2S. The molecule has 2 heterocycles. The zero-order valence-electron chi connectivity index (χ0n) is 16.0. The highest BCUT2D eigenvalue weighted by Crippen LogP contribution is 2.37. The summed E-state index contributed by atoms with van der Waals surface area (Å²) in [5.41, 5.74) is 4.43. The molecule has 6 heteroatoms. The van der Waals surface area contributed by atoms with Gasteiger partial charge in [-0.1, -0.05) is 35.9 Å². The zero-order chi connectivity index (χ0) is 19.8. The van der Waals surface area contributed by atoms with E-state index in [1.807, 2.05) is 31.2 Å². The molecular weight excluding hydrogens is 370 g/mol. The number of aryl methyl sites for hydroxylation is 2. The average Bonchev–Trinajstić information content (AvgIpc) is 3.21. The number of ether oxygens (including phenoxy) is 1. The van der Waals surface area contributed by atoms with Crippen molar-refractivity contribution in [3.63, 3.8) is 0 Å². The van der Waals surface area contributed by atoms with Gasteiger partial charge in [-0.3, -0.25) is 5.41 Å². The molecule has 0 atom stereocenters. The molecule has 3 aromatic rings. The summed E-state index contributed by atoms with van der Waals surface area (Å²) in [7, 11) is 1.61. The Labute approximate surface area is 168 Å². The Morgan fingerprint density at radius 3 is 2.61 bits per heavy atom. The van der Waals surface area contributed by atoms with Crippen LogP contribution in [0.1, 0.15) is 15.4 Å². The molecule has 0 aliphatic carbocycles. The largest absolute Gasteiger partial charge is 0.510 e. The lowest BCUT2D eigenvalue weighted by Crippen LogP contribution is -2.25. The number of nitrogens with one attached hydrogen (secondary N) is 1. The van der Waals surface area contributed by atoms with Gasteiger partial charge in [0.25, 0.3) is 0 Å². The summed E-state index contributed by atoms with van der Waals surface area (Å²) in [6.45, 7) is 4.32. The van der Waals surface area contributed by atoms with Crippen molar-refractivity contribution in [2.45, 2.75) is 13.8 Å². The Kier molecular flexibility index (Phi) is 4.65. The number of hydrogen-bond donors (Lipinski definition) is 2. The minimum absolute atomic E-state index is 0.164. The molecule has 0 fully saturated rings. The Hall–Kier alpha value is -3.12. The maximum atomic E-state index is 10.6. The maximum absolute atomic E-state index is 10.6. The van der Waals surface area contributed by atoms with E-state index in [-0.39, 0.29) is 18.1 Å². The highest BCUT2D eigenvalue weighted by Gasteiger charge is 2.32. The second kappa shape index (κ2) is 7.13. The third-order valence-corrected chi connectivity index (χ3v) is 5.79. The first-order valence-electron chi connectivity index (χ1n) is 8.95. The number of aromatic nitrogens is 1. The van der Waals surface area contributed by atoms with E-state index in [2.05, 4.69) is 31.2 Å². The number of aliphatic hydroxyl groups is 1. The molecule has 0 radical (unpaired) electrons. The number of methoxy groups -OCH3 is 1. The highest BCUT2D eigenvalue weighted by atomic mass is 32.1. The molecule has 28 heavy (non-hydrogen) atoms. The lowest BCUT2D eigenvalue weighted by Gasteiger charge is -2.19. The normalized spacial score (nSPS) is 14.1. The number of thiazole rings is 1. The standard InChI is InChI=1S/C22H21N3O2S/c1-13-7-9-15(10-8-13)20-14(2)28-22(24-20)19-18(26)12-25(21(19)23)16-5-4-6-17(11-16)27-3/h4-11,23,26H,12H2,1-3H3. The smallest absolute Gasteiger partial charge is 0.139 e. The summed E-state index contributed by atoms with van der Waals surface area (Å²) >= 11 is 1.50. The van der Waals surface area contributed by atoms with Gasteiger partial charge in [-0.25, -0.2) is 4.98 Å². The van der Waals surface area contributed by atoms with Gasteiger partial charge in [0.1, 0.15) is 22.4 Å². The molecule has 1 aliphatic heterocycles. The Balaban J connectivity index is 1.68. The van der Waals surface area contributed by atoms with Gasteiger partial charge in [0, 0.05) is 22.2 Å². The molecule has 5 nitrogen and oxygen atoms in total. The molecule has 0 unspecified atom stereocenters. The number of hydrogen-bond acceptors (Lipinski definition) is 5. The van der Waals surface area contributed by atoms with Crippen molar-refractivity contribution in [2.24, 2.45) is 0 Å². The second-order valence-electron chi connectivity index (χ2n) is 6.75. The minimum Gasteiger partial charge on any atom is -0.510 e. The Morgan fingerprint density at radius 2 is 1.89 bits per heavy atom. The quantitative estimate of drug-likeness (QED) is 0.641. The predicted molar refractivity (Wildman–Crippen MR) is 115 cm³/mol. The van der Waals surface area contributed by atoms with Gasteiger partial charge in [-0.15, -0.1) is 11.3 Å². The van der Waals surface area contributed by atoms with E-state index in [1.165, 1.54) is 16.9 Å². The van der Waals surface area contributed by atoms with Gasteiger partial charge in [-0.05, 0) is 26.0 Å². The van der Waals surface area contributed by atoms with E-state index in [1.54, 1.807) is 12.0 Å². The highest BCUT2D eigenvalue weighted by molar-refractivity contribution is 7.13. The Morgan fingerprint density at radius 1 is 1.14 bits per heavy atom. The van der Waals surface area contributed by atoms with Gasteiger partial charge in [0.2, 0.25) is 0 Å². The Bertz CT molecular complexity index is 1080. The lowest BCUT2D eigenvalue weighted by molar-refractivity contribution is 0.410. The molecule has 1 aliphatic rings. The third kappa shape index (κ3) is 3.16. The number of nitrogens with zero attached hydrogens (tertiary/aromatic N) is 2. The van der Waals surface area contributed by atoms with Gasteiger partial charge in [0.05, 0.1) is 24.9 Å². The topological polar surface area (TPSA) is 69.4 Å². The number of benzene rings is 2. The van der Waals surface area contributed by atoms with Crippen LogP contribution in [0.2, 0.25) is 0 Å². The summed E-state index contributed by atoms with van der Waals surface area (Å²) in [4.78, 5) is 7.58. The van der Waals surface area contributed by atoms with Crippen LogP contribution in [0.4, 0.5) is 5.69 Å². The molecule has 0 bridgehead atoms. The number of rotatable bonds is 4. The van der Waals surface area contributed by atoms with E-state index in [0.29, 0.717) is 16.3 Å². The minimum atomic E-state index is 0.164. The van der Waals surface area contributed by atoms with Crippen LogP contribution in [0.25, 0.3) is 16.8 Å². The SMILES string of the molecule is COc1cccc(N2CC(O)=C(c3nc(-c4ccc(C)cc4)c(C)s3)C2=N)c1. The van der Waals surface area contributed by atoms with Gasteiger partial charge >= 0.3 is 0 Å². The van der Waals surface area contributed by atoms with Crippen molar-refractivity contribution >= 4 is 28.4 Å². The van der Waals surface area contributed by atoms with Crippen LogP contribution in [0.15, 0.2) is 54.3 Å². The third-order valence-electron chi connectivity index (χ3n) is 4.80. The number of amidine groups is 1. The van der Waals surface area contributed by atoms with Gasteiger partial charge < -0.3 is 14.7 Å². The number of anilines is 1. The van der Waals surface area contributed by atoms with E-state index < -0.39 is 0 Å². The lowest BCUT2D eigenvalue weighted by atomic mass is 10.1. The first kappa shape index (κ1) is 18.3. The van der Waals surface area contributed by atoms with Crippen molar-refractivity contribution in [2.75, 3.05) is 18.6 Å². The molecule has 142 valence electrons. The van der Waals surface area contributed by atoms with Crippen molar-refractivity contribution in [1.29, 1.82) is 5.41 Å². The average molecular weight is 391 g/mol. The summed E-state index contributed by atoms with van der Waals surface area (Å²) in [5.74, 6) is 1.12. The van der Waals surface area contributed by atoms with Gasteiger partial charge in [-0.2, -0.15) is 0 Å². The van der Waals surface area contributed by atoms with Crippen LogP contribution in [0, 0.1) is 19.3 Å². The fourth-order valence-corrected chi connectivity index (χ4v) is 4.29. The van der Waals surface area contributed by atoms with Crippen molar-refractivity contribution < 1.29 is 9.84 Å².